The molecule has 0 amide bonds. The molecule has 3 N–H and O–H groups in total. The van der Waals surface area contributed by atoms with Gasteiger partial charge in [-0.2, -0.15) is 0 Å². The van der Waals surface area contributed by atoms with E-state index < -0.39 is 35.2 Å². The first-order valence-electron chi connectivity index (χ1n) is 9.06. The van der Waals surface area contributed by atoms with Crippen molar-refractivity contribution in [3.05, 3.63) is 24.3 Å². The molecule has 1 atom stereocenters. The Morgan fingerprint density at radius 3 is 2.54 bits per heavy atom. The molecule has 2 aromatic rings. The quantitative estimate of drug-likeness (QED) is 0.754. The number of hydrogen-bond acceptors (Lipinski definition) is 5. The van der Waals surface area contributed by atoms with Gasteiger partial charge in [-0.3, -0.25) is 0 Å². The Bertz CT molecular complexity index is 934. The molecule has 4 aliphatic carbocycles. The van der Waals surface area contributed by atoms with Gasteiger partial charge in [-0.15, -0.1) is 13.2 Å². The lowest BCUT2D eigenvalue weighted by Crippen LogP contribution is -2.70. The molecule has 0 spiro atoms. The molecule has 0 aliphatic heterocycles. The summed E-state index contributed by atoms with van der Waals surface area (Å²) in [6.07, 6.45) is 0.135. The van der Waals surface area contributed by atoms with Crippen LogP contribution in [0.1, 0.15) is 44.0 Å². The van der Waals surface area contributed by atoms with Gasteiger partial charge in [-0.25, -0.2) is 14.4 Å². The van der Waals surface area contributed by atoms with E-state index in [1.54, 1.807) is 6.20 Å². The van der Waals surface area contributed by atoms with E-state index in [1.807, 2.05) is 4.57 Å². The van der Waals surface area contributed by atoms with Crippen molar-refractivity contribution in [2.24, 2.45) is 5.92 Å². The molecule has 1 unspecified atom stereocenters. The third-order valence-corrected chi connectivity index (χ3v) is 5.92. The second kappa shape index (κ2) is 5.37. The number of imidazole rings is 1. The summed E-state index contributed by atoms with van der Waals surface area (Å²) >= 11 is 0. The van der Waals surface area contributed by atoms with Gasteiger partial charge < -0.3 is 20.1 Å². The van der Waals surface area contributed by atoms with Crippen molar-refractivity contribution in [1.82, 2.24) is 14.5 Å². The van der Waals surface area contributed by atoms with E-state index in [0.717, 1.165) is 18.9 Å². The molecule has 150 valence electrons. The molecule has 6 nitrogen and oxygen atoms in total. The number of nitrogen functional groups attached to an aromatic ring is 1. The number of rotatable bonds is 5. The lowest BCUT2D eigenvalue weighted by atomic mass is 9.47. The van der Waals surface area contributed by atoms with Crippen molar-refractivity contribution in [2.75, 3.05) is 5.73 Å². The summed E-state index contributed by atoms with van der Waals surface area (Å²) < 4.78 is 57.5. The van der Waals surface area contributed by atoms with E-state index in [0.29, 0.717) is 30.8 Å². The molecular formula is C18H18F4N4O2. The normalized spacial score (nSPS) is 29.8. The molecule has 2 heterocycles. The van der Waals surface area contributed by atoms with Crippen LogP contribution in [0, 0.1) is 5.92 Å². The Kier molecular flexibility index (Phi) is 3.40. The largest absolute Gasteiger partial charge is 0.573 e. The standard InChI is InChI=1S/C18H18F4N4O2/c19-16-6-17(7-16,8-16)26-5-11(25-15(26)13(27)9-1-2-9)10-3-12(14(23)24-4-10)28-18(20,21)22/h3-5,9,13,27H,1-2,6-8H2,(H2,23,24). The third kappa shape index (κ3) is 2.73. The number of hydrogen-bond donors (Lipinski definition) is 2. The molecule has 4 fully saturated rings. The lowest BCUT2D eigenvalue weighted by molar-refractivity contribution is -0.274. The highest BCUT2D eigenvalue weighted by Crippen LogP contribution is 2.68. The first-order chi connectivity index (χ1) is 13.1. The van der Waals surface area contributed by atoms with Crippen molar-refractivity contribution in [3.8, 4) is 17.0 Å². The highest BCUT2D eigenvalue weighted by molar-refractivity contribution is 5.64. The van der Waals surface area contributed by atoms with Crippen LogP contribution in [0.15, 0.2) is 18.5 Å². The number of nitrogens with zero attached hydrogens (tertiary/aromatic N) is 3. The van der Waals surface area contributed by atoms with E-state index in [9.17, 15) is 22.7 Å². The molecular weight excluding hydrogens is 380 g/mol. The SMILES string of the molecule is Nc1ncc(-c2cn(C34CC(F)(C3)C4)c(C(O)C3CC3)n2)cc1OC(F)(F)F. The molecule has 10 heteroatoms. The molecule has 0 saturated heterocycles. The molecule has 6 rings (SSSR count). The van der Waals surface area contributed by atoms with Crippen LogP contribution in [0.3, 0.4) is 0 Å². The van der Waals surface area contributed by atoms with Gasteiger partial charge in [-0.05, 0) is 24.8 Å². The predicted molar refractivity (Wildman–Crippen MR) is 89.9 cm³/mol. The van der Waals surface area contributed by atoms with Crippen LogP contribution in [-0.4, -0.2) is 31.7 Å². The summed E-state index contributed by atoms with van der Waals surface area (Å²) in [6.45, 7) is 0. The highest BCUT2D eigenvalue weighted by atomic mass is 19.4. The predicted octanol–water partition coefficient (Wildman–Crippen LogP) is 3.47. The van der Waals surface area contributed by atoms with Gasteiger partial charge in [0.25, 0.3) is 0 Å². The molecule has 2 bridgehead atoms. The number of nitrogens with two attached hydrogens (primary N) is 1. The van der Waals surface area contributed by atoms with Crippen molar-refractivity contribution < 1.29 is 27.4 Å². The first kappa shape index (κ1) is 17.7. The zero-order chi connectivity index (χ0) is 19.9. The number of pyridine rings is 1. The van der Waals surface area contributed by atoms with Crippen LogP contribution in [-0.2, 0) is 5.54 Å². The molecule has 28 heavy (non-hydrogen) atoms. The van der Waals surface area contributed by atoms with E-state index in [2.05, 4.69) is 14.7 Å². The van der Waals surface area contributed by atoms with Crippen LogP contribution in [0.4, 0.5) is 23.4 Å². The monoisotopic (exact) mass is 398 g/mol. The number of ether oxygens (including phenoxy) is 1. The fraction of sp³-hybridized carbons (Fsp3) is 0.556. The molecule has 4 aliphatic rings. The maximum absolute atomic E-state index is 14.0. The molecule has 0 radical (unpaired) electrons. The minimum atomic E-state index is -4.90. The van der Waals surface area contributed by atoms with Gasteiger partial charge in [-0.1, -0.05) is 0 Å². The van der Waals surface area contributed by atoms with E-state index in [1.165, 1.54) is 6.20 Å². The van der Waals surface area contributed by atoms with Gasteiger partial charge in [0, 0.05) is 37.2 Å². The van der Waals surface area contributed by atoms with Gasteiger partial charge in [0.05, 0.1) is 11.2 Å². The number of aliphatic hydroxyl groups excluding tert-OH is 1. The third-order valence-electron chi connectivity index (χ3n) is 5.92. The number of aromatic nitrogens is 3. The van der Waals surface area contributed by atoms with E-state index >= 15 is 0 Å². The summed E-state index contributed by atoms with van der Waals surface area (Å²) in [5.74, 6) is -0.474. The second-order valence-corrected chi connectivity index (χ2v) is 8.20. The summed E-state index contributed by atoms with van der Waals surface area (Å²) in [7, 11) is 0. The highest BCUT2D eigenvalue weighted by Gasteiger charge is 2.71. The Morgan fingerprint density at radius 2 is 1.96 bits per heavy atom. The van der Waals surface area contributed by atoms with Gasteiger partial charge in [0.2, 0.25) is 0 Å². The maximum Gasteiger partial charge on any atom is 0.573 e. The first-order valence-corrected chi connectivity index (χ1v) is 9.06. The number of alkyl halides is 4. The Labute approximate surface area is 157 Å². The smallest absolute Gasteiger partial charge is 0.402 e. The Morgan fingerprint density at radius 1 is 1.29 bits per heavy atom. The second-order valence-electron chi connectivity index (χ2n) is 8.20. The zero-order valence-corrected chi connectivity index (χ0v) is 14.7. The van der Waals surface area contributed by atoms with Gasteiger partial charge >= 0.3 is 6.36 Å². The lowest BCUT2D eigenvalue weighted by Gasteiger charge is -2.66. The van der Waals surface area contributed by atoms with Crippen molar-refractivity contribution >= 4 is 5.82 Å². The fourth-order valence-corrected chi connectivity index (χ4v) is 4.42. The number of aliphatic hydroxyl groups is 1. The van der Waals surface area contributed by atoms with Crippen molar-refractivity contribution in [1.29, 1.82) is 0 Å². The number of halogens is 4. The minimum absolute atomic E-state index is 0.106. The van der Waals surface area contributed by atoms with Gasteiger partial charge in [0.15, 0.2) is 11.6 Å². The van der Waals surface area contributed by atoms with Crippen molar-refractivity contribution in [3.63, 3.8) is 0 Å². The summed E-state index contributed by atoms with van der Waals surface area (Å²) in [5, 5.41) is 10.6. The molecule has 0 aromatic carbocycles. The Balaban J connectivity index is 1.53. The topological polar surface area (TPSA) is 86.2 Å². The number of anilines is 1. The average molecular weight is 398 g/mol. The molecule has 4 saturated carbocycles. The fourth-order valence-electron chi connectivity index (χ4n) is 4.42. The van der Waals surface area contributed by atoms with Crippen molar-refractivity contribution in [2.45, 2.75) is 55.8 Å². The summed E-state index contributed by atoms with van der Waals surface area (Å²) in [6, 6.07) is 1.12. The average Bonchev–Trinajstić information content (AvgIpc) is 3.30. The van der Waals surface area contributed by atoms with Crippen LogP contribution >= 0.6 is 0 Å². The van der Waals surface area contributed by atoms with Crippen LogP contribution < -0.4 is 10.5 Å². The van der Waals surface area contributed by atoms with E-state index in [-0.39, 0.29) is 11.5 Å². The Hall–Kier alpha value is -2.36. The minimum Gasteiger partial charge on any atom is -0.402 e. The van der Waals surface area contributed by atoms with E-state index in [4.69, 9.17) is 5.73 Å². The van der Waals surface area contributed by atoms with Crippen LogP contribution in [0.5, 0.6) is 5.75 Å². The van der Waals surface area contributed by atoms with Gasteiger partial charge in [0.1, 0.15) is 17.6 Å². The zero-order valence-electron chi connectivity index (χ0n) is 14.7. The maximum atomic E-state index is 14.0. The summed E-state index contributed by atoms with van der Waals surface area (Å²) in [5.41, 5.74) is 4.56. The van der Waals surface area contributed by atoms with Crippen LogP contribution in [0.25, 0.3) is 11.3 Å². The van der Waals surface area contributed by atoms with Crippen LogP contribution in [0.2, 0.25) is 0 Å². The molecule has 2 aromatic heterocycles. The summed E-state index contributed by atoms with van der Waals surface area (Å²) in [4.78, 5) is 8.25.